The summed E-state index contributed by atoms with van der Waals surface area (Å²) in [6, 6.07) is 1.85. The SMILES string of the molecule is Cc1cc(NC(=O)CSc2nc3c(c(=O)n2C2CCCCC2)SC(C)C3)no1. The van der Waals surface area contributed by atoms with Gasteiger partial charge in [-0.15, -0.1) is 11.8 Å². The van der Waals surface area contributed by atoms with Crippen LogP contribution in [0, 0.1) is 6.92 Å². The van der Waals surface area contributed by atoms with Crippen LogP contribution in [0.25, 0.3) is 0 Å². The molecule has 1 fully saturated rings. The number of carbonyl (C=O) groups is 1. The zero-order chi connectivity index (χ0) is 19.7. The molecule has 1 amide bonds. The summed E-state index contributed by atoms with van der Waals surface area (Å²) >= 11 is 2.96. The van der Waals surface area contributed by atoms with Crippen molar-refractivity contribution in [2.75, 3.05) is 11.1 Å². The topological polar surface area (TPSA) is 90.0 Å². The average molecular weight is 421 g/mol. The van der Waals surface area contributed by atoms with Crippen molar-refractivity contribution in [3.63, 3.8) is 0 Å². The molecule has 1 aliphatic heterocycles. The summed E-state index contributed by atoms with van der Waals surface area (Å²) in [5, 5.41) is 7.54. The number of amides is 1. The zero-order valence-corrected chi connectivity index (χ0v) is 17.7. The molecule has 28 heavy (non-hydrogen) atoms. The summed E-state index contributed by atoms with van der Waals surface area (Å²) in [5.41, 5.74) is 0.950. The van der Waals surface area contributed by atoms with E-state index in [0.717, 1.165) is 42.7 Å². The summed E-state index contributed by atoms with van der Waals surface area (Å²) in [7, 11) is 0. The molecule has 1 saturated carbocycles. The van der Waals surface area contributed by atoms with Crippen LogP contribution in [0.2, 0.25) is 0 Å². The minimum Gasteiger partial charge on any atom is -0.360 e. The second-order valence-electron chi connectivity index (χ2n) is 7.43. The van der Waals surface area contributed by atoms with Gasteiger partial charge in [0.2, 0.25) is 5.91 Å². The first-order chi connectivity index (χ1) is 13.5. The van der Waals surface area contributed by atoms with Gasteiger partial charge in [0.1, 0.15) is 5.76 Å². The normalized spacial score (nSPS) is 19.6. The molecule has 2 aromatic heterocycles. The first-order valence-electron chi connectivity index (χ1n) is 9.69. The monoisotopic (exact) mass is 420 g/mol. The van der Waals surface area contributed by atoms with Gasteiger partial charge in [0, 0.05) is 23.8 Å². The summed E-state index contributed by atoms with van der Waals surface area (Å²) in [6.07, 6.45) is 6.29. The Balaban J connectivity index is 1.56. The number of anilines is 1. The maximum atomic E-state index is 13.2. The van der Waals surface area contributed by atoms with Crippen LogP contribution in [0.4, 0.5) is 5.82 Å². The van der Waals surface area contributed by atoms with Gasteiger partial charge in [-0.05, 0) is 19.8 Å². The lowest BCUT2D eigenvalue weighted by atomic mass is 9.95. The number of nitrogens with zero attached hydrogens (tertiary/aromatic N) is 3. The minimum absolute atomic E-state index is 0.0706. The fraction of sp³-hybridized carbons (Fsp3) is 0.579. The molecule has 0 spiro atoms. The van der Waals surface area contributed by atoms with Gasteiger partial charge in [-0.25, -0.2) is 4.98 Å². The van der Waals surface area contributed by atoms with Crippen LogP contribution in [-0.4, -0.2) is 31.6 Å². The highest BCUT2D eigenvalue weighted by atomic mass is 32.2. The number of thioether (sulfide) groups is 2. The summed E-state index contributed by atoms with van der Waals surface area (Å²) < 4.78 is 6.83. The zero-order valence-electron chi connectivity index (χ0n) is 16.1. The maximum absolute atomic E-state index is 13.2. The molecule has 3 heterocycles. The lowest BCUT2D eigenvalue weighted by Crippen LogP contribution is -2.30. The van der Waals surface area contributed by atoms with Crippen LogP contribution in [0.5, 0.6) is 0 Å². The lowest BCUT2D eigenvalue weighted by molar-refractivity contribution is -0.113. The molecule has 0 radical (unpaired) electrons. The summed E-state index contributed by atoms with van der Waals surface area (Å²) in [6.45, 7) is 3.89. The van der Waals surface area contributed by atoms with Gasteiger partial charge in [-0.2, -0.15) is 0 Å². The van der Waals surface area contributed by atoms with Gasteiger partial charge in [0.15, 0.2) is 11.0 Å². The summed E-state index contributed by atoms with van der Waals surface area (Å²) in [5.74, 6) is 1.03. The lowest BCUT2D eigenvalue weighted by Gasteiger charge is -2.26. The van der Waals surface area contributed by atoms with E-state index in [2.05, 4.69) is 17.4 Å². The van der Waals surface area contributed by atoms with Crippen molar-refractivity contribution < 1.29 is 9.32 Å². The Hall–Kier alpha value is -1.74. The average Bonchev–Trinajstić information content (AvgIpc) is 3.25. The number of carbonyl (C=O) groups excluding carboxylic acids is 1. The molecule has 9 heteroatoms. The Kier molecular flexibility index (Phi) is 5.82. The largest absolute Gasteiger partial charge is 0.360 e. The molecule has 2 aromatic rings. The number of aromatic nitrogens is 3. The van der Waals surface area contributed by atoms with E-state index in [-0.39, 0.29) is 23.3 Å². The number of aryl methyl sites for hydroxylation is 1. The van der Waals surface area contributed by atoms with Crippen molar-refractivity contribution in [2.45, 2.75) is 73.7 Å². The molecule has 7 nitrogen and oxygen atoms in total. The fourth-order valence-corrected chi connectivity index (χ4v) is 5.80. The van der Waals surface area contributed by atoms with Gasteiger partial charge in [-0.1, -0.05) is 43.1 Å². The first-order valence-corrected chi connectivity index (χ1v) is 11.6. The molecular formula is C19H24N4O3S2. The second kappa shape index (κ2) is 8.32. The standard InChI is InChI=1S/C19H24N4O3S2/c1-11-8-15(22-26-11)21-16(24)10-27-19-20-14-9-12(2)28-17(14)18(25)23(19)13-6-4-3-5-7-13/h8,12-13H,3-7,9-10H2,1-2H3,(H,21,22,24). The Morgan fingerprint density at radius 1 is 1.39 bits per heavy atom. The highest BCUT2D eigenvalue weighted by Gasteiger charge is 2.29. The van der Waals surface area contributed by atoms with Crippen molar-refractivity contribution in [3.05, 3.63) is 27.9 Å². The molecule has 150 valence electrons. The van der Waals surface area contributed by atoms with Gasteiger partial charge in [0.05, 0.1) is 16.3 Å². The molecule has 0 saturated heterocycles. The minimum atomic E-state index is -0.189. The fourth-order valence-electron chi connectivity index (χ4n) is 3.81. The van der Waals surface area contributed by atoms with Crippen LogP contribution < -0.4 is 10.9 Å². The third kappa shape index (κ3) is 4.15. The summed E-state index contributed by atoms with van der Waals surface area (Å²) in [4.78, 5) is 31.2. The van der Waals surface area contributed by atoms with Gasteiger partial charge in [0.25, 0.3) is 5.56 Å². The van der Waals surface area contributed by atoms with E-state index in [0.29, 0.717) is 22.0 Å². The van der Waals surface area contributed by atoms with E-state index in [1.54, 1.807) is 24.8 Å². The Morgan fingerprint density at radius 3 is 2.89 bits per heavy atom. The van der Waals surface area contributed by atoms with Gasteiger partial charge in [-0.3, -0.25) is 14.2 Å². The molecule has 4 rings (SSSR count). The van der Waals surface area contributed by atoms with Crippen molar-refractivity contribution in [1.82, 2.24) is 14.7 Å². The third-order valence-electron chi connectivity index (χ3n) is 5.08. The van der Waals surface area contributed by atoms with Crippen LogP contribution in [0.3, 0.4) is 0 Å². The Labute approximate surface area is 172 Å². The predicted molar refractivity (Wildman–Crippen MR) is 110 cm³/mol. The Bertz CT molecular complexity index is 934. The number of hydrogen-bond acceptors (Lipinski definition) is 7. The maximum Gasteiger partial charge on any atom is 0.268 e. The van der Waals surface area contributed by atoms with Gasteiger partial charge < -0.3 is 9.84 Å². The van der Waals surface area contributed by atoms with Gasteiger partial charge >= 0.3 is 0 Å². The van der Waals surface area contributed by atoms with E-state index < -0.39 is 0 Å². The van der Waals surface area contributed by atoms with Crippen LogP contribution in [-0.2, 0) is 11.2 Å². The van der Waals surface area contributed by atoms with E-state index in [1.165, 1.54) is 18.2 Å². The van der Waals surface area contributed by atoms with E-state index in [1.807, 2.05) is 4.57 Å². The van der Waals surface area contributed by atoms with Crippen molar-refractivity contribution >= 4 is 35.2 Å². The molecule has 0 aromatic carbocycles. The quantitative estimate of drug-likeness (QED) is 0.581. The highest BCUT2D eigenvalue weighted by molar-refractivity contribution is 8.00. The number of hydrogen-bond donors (Lipinski definition) is 1. The van der Waals surface area contributed by atoms with Crippen LogP contribution in [0.15, 0.2) is 25.4 Å². The number of fused-ring (bicyclic) bond motifs is 1. The molecule has 1 atom stereocenters. The number of rotatable bonds is 5. The van der Waals surface area contributed by atoms with E-state index >= 15 is 0 Å². The molecule has 1 aliphatic carbocycles. The molecule has 0 bridgehead atoms. The van der Waals surface area contributed by atoms with E-state index in [4.69, 9.17) is 9.51 Å². The van der Waals surface area contributed by atoms with Crippen molar-refractivity contribution in [3.8, 4) is 0 Å². The first kappa shape index (κ1) is 19.6. The second-order valence-corrected chi connectivity index (χ2v) is 9.82. The highest BCUT2D eigenvalue weighted by Crippen LogP contribution is 2.37. The van der Waals surface area contributed by atoms with Crippen molar-refractivity contribution in [2.24, 2.45) is 0 Å². The third-order valence-corrected chi connectivity index (χ3v) is 7.25. The molecule has 1 N–H and O–H groups in total. The molecule has 1 unspecified atom stereocenters. The number of nitrogens with one attached hydrogen (secondary N) is 1. The molecular weight excluding hydrogens is 396 g/mol. The predicted octanol–water partition coefficient (Wildman–Crippen LogP) is 3.81. The smallest absolute Gasteiger partial charge is 0.268 e. The Morgan fingerprint density at radius 2 is 2.18 bits per heavy atom. The van der Waals surface area contributed by atoms with Crippen LogP contribution >= 0.6 is 23.5 Å². The molecule has 2 aliphatic rings. The van der Waals surface area contributed by atoms with E-state index in [9.17, 15) is 9.59 Å². The van der Waals surface area contributed by atoms with Crippen LogP contribution in [0.1, 0.15) is 56.5 Å². The van der Waals surface area contributed by atoms with Crippen molar-refractivity contribution in [1.29, 1.82) is 0 Å².